The van der Waals surface area contributed by atoms with Crippen LogP contribution in [0.1, 0.15) is 32.3 Å². The SMILES string of the molecule is CCC(C)NC(=O)CCNc1cc(C)c(N)cc1Br. The number of aryl methyl sites for hydroxylation is 1. The standard InChI is InChI=1S/C14H22BrN3O/c1-4-10(3)18-14(19)5-6-17-13-7-9(2)12(16)8-11(13)15/h7-8,10,17H,4-6,16H2,1-3H3,(H,18,19). The van der Waals surface area contributed by atoms with Crippen LogP contribution < -0.4 is 16.4 Å². The molecular formula is C14H22BrN3O. The molecule has 0 saturated heterocycles. The summed E-state index contributed by atoms with van der Waals surface area (Å²) in [5, 5.41) is 6.18. The maximum Gasteiger partial charge on any atom is 0.221 e. The van der Waals surface area contributed by atoms with E-state index in [1.54, 1.807) is 0 Å². The number of anilines is 2. The number of benzene rings is 1. The number of amides is 1. The summed E-state index contributed by atoms with van der Waals surface area (Å²) in [5.41, 5.74) is 8.56. The average Bonchev–Trinajstić information content (AvgIpc) is 2.35. The van der Waals surface area contributed by atoms with E-state index >= 15 is 0 Å². The van der Waals surface area contributed by atoms with Crippen molar-refractivity contribution in [2.24, 2.45) is 0 Å². The van der Waals surface area contributed by atoms with Gasteiger partial charge in [0.1, 0.15) is 0 Å². The van der Waals surface area contributed by atoms with Crippen molar-refractivity contribution in [2.45, 2.75) is 39.7 Å². The van der Waals surface area contributed by atoms with Crippen molar-refractivity contribution in [3.63, 3.8) is 0 Å². The molecule has 1 aromatic carbocycles. The van der Waals surface area contributed by atoms with E-state index in [9.17, 15) is 4.79 Å². The van der Waals surface area contributed by atoms with Crippen LogP contribution in [0.15, 0.2) is 16.6 Å². The van der Waals surface area contributed by atoms with Gasteiger partial charge >= 0.3 is 0 Å². The smallest absolute Gasteiger partial charge is 0.221 e. The molecule has 4 nitrogen and oxygen atoms in total. The van der Waals surface area contributed by atoms with Crippen molar-refractivity contribution in [3.8, 4) is 0 Å². The molecule has 0 heterocycles. The Morgan fingerprint density at radius 3 is 2.79 bits per heavy atom. The molecule has 0 aromatic heterocycles. The molecular weight excluding hydrogens is 306 g/mol. The fraction of sp³-hybridized carbons (Fsp3) is 0.500. The highest BCUT2D eigenvalue weighted by Gasteiger charge is 2.06. The van der Waals surface area contributed by atoms with Crippen molar-refractivity contribution < 1.29 is 4.79 Å². The number of carbonyl (C=O) groups is 1. The topological polar surface area (TPSA) is 67.2 Å². The van der Waals surface area contributed by atoms with Gasteiger partial charge < -0.3 is 16.4 Å². The minimum atomic E-state index is 0.0742. The van der Waals surface area contributed by atoms with Gasteiger partial charge in [-0.25, -0.2) is 0 Å². The molecule has 1 amide bonds. The van der Waals surface area contributed by atoms with Gasteiger partial charge in [0.2, 0.25) is 5.91 Å². The first-order chi connectivity index (χ1) is 8.93. The van der Waals surface area contributed by atoms with Crippen LogP contribution in [0.4, 0.5) is 11.4 Å². The van der Waals surface area contributed by atoms with Gasteiger partial charge in [-0.15, -0.1) is 0 Å². The third-order valence-corrected chi connectivity index (χ3v) is 3.70. The normalized spacial score (nSPS) is 12.0. The van der Waals surface area contributed by atoms with Gasteiger partial charge in [-0.1, -0.05) is 6.92 Å². The second-order valence-electron chi connectivity index (χ2n) is 4.74. The Morgan fingerprint density at radius 2 is 2.16 bits per heavy atom. The van der Waals surface area contributed by atoms with Crippen LogP contribution >= 0.6 is 15.9 Å². The number of halogens is 1. The molecule has 4 N–H and O–H groups in total. The number of nitrogens with one attached hydrogen (secondary N) is 2. The highest BCUT2D eigenvalue weighted by molar-refractivity contribution is 9.10. The van der Waals surface area contributed by atoms with Crippen molar-refractivity contribution in [1.82, 2.24) is 5.32 Å². The van der Waals surface area contributed by atoms with Crippen LogP contribution in [-0.4, -0.2) is 18.5 Å². The van der Waals surface area contributed by atoms with Gasteiger partial charge in [-0.3, -0.25) is 4.79 Å². The zero-order chi connectivity index (χ0) is 14.4. The van der Waals surface area contributed by atoms with E-state index in [0.717, 1.165) is 27.8 Å². The van der Waals surface area contributed by atoms with Crippen LogP contribution in [0.2, 0.25) is 0 Å². The van der Waals surface area contributed by atoms with Crippen LogP contribution in [-0.2, 0) is 4.79 Å². The molecule has 5 heteroatoms. The molecule has 1 atom stereocenters. The monoisotopic (exact) mass is 327 g/mol. The quantitative estimate of drug-likeness (QED) is 0.703. The molecule has 0 aliphatic heterocycles. The Hall–Kier alpha value is -1.23. The maximum absolute atomic E-state index is 11.6. The Kier molecular flexibility index (Phi) is 6.15. The molecule has 1 rings (SSSR count). The first-order valence-corrected chi connectivity index (χ1v) is 7.32. The number of nitrogens with two attached hydrogens (primary N) is 1. The molecule has 0 spiro atoms. The minimum absolute atomic E-state index is 0.0742. The summed E-state index contributed by atoms with van der Waals surface area (Å²) in [6.07, 6.45) is 1.40. The van der Waals surface area contributed by atoms with Gasteiger partial charge in [-0.05, 0) is 53.9 Å². The highest BCUT2D eigenvalue weighted by atomic mass is 79.9. The van der Waals surface area contributed by atoms with Gasteiger partial charge in [0.15, 0.2) is 0 Å². The predicted octanol–water partition coefficient (Wildman–Crippen LogP) is 3.06. The lowest BCUT2D eigenvalue weighted by Crippen LogP contribution is -2.32. The van der Waals surface area contributed by atoms with Crippen molar-refractivity contribution in [1.29, 1.82) is 0 Å². The van der Waals surface area contributed by atoms with Crippen LogP contribution in [0.25, 0.3) is 0 Å². The molecule has 106 valence electrons. The molecule has 1 unspecified atom stereocenters. The van der Waals surface area contributed by atoms with Crippen LogP contribution in [0.3, 0.4) is 0 Å². The predicted molar refractivity (Wildman–Crippen MR) is 84.3 cm³/mol. The summed E-state index contributed by atoms with van der Waals surface area (Å²) in [7, 11) is 0. The summed E-state index contributed by atoms with van der Waals surface area (Å²) < 4.78 is 0.915. The first kappa shape index (κ1) is 15.8. The van der Waals surface area contributed by atoms with Gasteiger partial charge in [-0.2, -0.15) is 0 Å². The van der Waals surface area contributed by atoms with E-state index in [2.05, 4.69) is 33.5 Å². The fourth-order valence-corrected chi connectivity index (χ4v) is 2.09. The van der Waals surface area contributed by atoms with Crippen molar-refractivity contribution in [2.75, 3.05) is 17.6 Å². The zero-order valence-corrected chi connectivity index (χ0v) is 13.3. The van der Waals surface area contributed by atoms with E-state index in [-0.39, 0.29) is 11.9 Å². The van der Waals surface area contributed by atoms with Gasteiger partial charge in [0.25, 0.3) is 0 Å². The second-order valence-corrected chi connectivity index (χ2v) is 5.60. The average molecular weight is 328 g/mol. The van der Waals surface area contributed by atoms with E-state index in [0.29, 0.717) is 13.0 Å². The summed E-state index contributed by atoms with van der Waals surface area (Å²) in [4.78, 5) is 11.6. The van der Waals surface area contributed by atoms with Gasteiger partial charge in [0, 0.05) is 34.9 Å². The van der Waals surface area contributed by atoms with Crippen molar-refractivity contribution >= 4 is 33.2 Å². The Balaban J connectivity index is 2.45. The lowest BCUT2D eigenvalue weighted by atomic mass is 10.2. The van der Waals surface area contributed by atoms with Crippen molar-refractivity contribution in [3.05, 3.63) is 22.2 Å². The van der Waals surface area contributed by atoms with E-state index < -0.39 is 0 Å². The third kappa shape index (κ3) is 5.11. The summed E-state index contributed by atoms with van der Waals surface area (Å²) >= 11 is 3.46. The molecule has 0 saturated carbocycles. The van der Waals surface area contributed by atoms with Gasteiger partial charge in [0.05, 0.1) is 0 Å². The van der Waals surface area contributed by atoms with Crippen LogP contribution in [0, 0.1) is 6.92 Å². The third-order valence-electron chi connectivity index (χ3n) is 3.04. The molecule has 0 aliphatic rings. The maximum atomic E-state index is 11.6. The lowest BCUT2D eigenvalue weighted by molar-refractivity contribution is -0.121. The Labute approximate surface area is 123 Å². The highest BCUT2D eigenvalue weighted by Crippen LogP contribution is 2.27. The van der Waals surface area contributed by atoms with Crippen LogP contribution in [0.5, 0.6) is 0 Å². The number of nitrogen functional groups attached to an aromatic ring is 1. The van der Waals surface area contributed by atoms with E-state index in [4.69, 9.17) is 5.73 Å². The fourth-order valence-electron chi connectivity index (χ4n) is 1.59. The molecule has 0 fully saturated rings. The largest absolute Gasteiger partial charge is 0.398 e. The number of rotatable bonds is 6. The molecule has 19 heavy (non-hydrogen) atoms. The first-order valence-electron chi connectivity index (χ1n) is 6.52. The lowest BCUT2D eigenvalue weighted by Gasteiger charge is -2.13. The second kappa shape index (κ2) is 7.38. The molecule has 0 bridgehead atoms. The zero-order valence-electron chi connectivity index (χ0n) is 11.7. The Morgan fingerprint density at radius 1 is 1.47 bits per heavy atom. The van der Waals surface area contributed by atoms with E-state index in [1.807, 2.05) is 26.0 Å². The number of hydrogen-bond acceptors (Lipinski definition) is 3. The minimum Gasteiger partial charge on any atom is -0.398 e. The molecule has 0 radical (unpaired) electrons. The number of carbonyl (C=O) groups excluding carboxylic acids is 1. The number of hydrogen-bond donors (Lipinski definition) is 3. The summed E-state index contributed by atoms with van der Waals surface area (Å²) in [5.74, 6) is 0.0742. The molecule has 1 aromatic rings. The summed E-state index contributed by atoms with van der Waals surface area (Å²) in [6, 6.07) is 4.08. The molecule has 0 aliphatic carbocycles. The summed E-state index contributed by atoms with van der Waals surface area (Å²) in [6.45, 7) is 6.62. The van der Waals surface area contributed by atoms with E-state index in [1.165, 1.54) is 0 Å². The Bertz CT molecular complexity index is 449.